The molecule has 0 radical (unpaired) electrons. The van der Waals surface area contributed by atoms with E-state index in [1.807, 2.05) is 0 Å². The maximum absolute atomic E-state index is 14.1. The van der Waals surface area contributed by atoms with Crippen molar-refractivity contribution in [1.82, 2.24) is 19.7 Å². The van der Waals surface area contributed by atoms with E-state index in [2.05, 4.69) is 26.0 Å². The molecule has 2 heterocycles. The second kappa shape index (κ2) is 9.14. The van der Waals surface area contributed by atoms with Crippen molar-refractivity contribution in [2.45, 2.75) is 19.6 Å². The fourth-order valence-corrected chi connectivity index (χ4v) is 3.26. The normalized spacial score (nSPS) is 13.5. The summed E-state index contributed by atoms with van der Waals surface area (Å²) in [6, 6.07) is 8.39. The Kier molecular flexibility index (Phi) is 5.40. The third kappa shape index (κ3) is 5.00. The van der Waals surface area contributed by atoms with Crippen LogP contribution in [0.15, 0.2) is 41.0 Å². The number of amides is 1. The molecule has 2 aromatic heterocycles. The average Bonchev–Trinajstić information content (AvgIpc) is 3.19. The minimum absolute atomic E-state index is 0.0782. The Hall–Kier alpha value is -3.45. The molecule has 1 amide bonds. The highest BCUT2D eigenvalue weighted by Crippen LogP contribution is 2.30. The first-order valence-corrected chi connectivity index (χ1v) is 9.82. The molecule has 0 bridgehead atoms. The largest absolute Gasteiger partial charge is 0.482 e. The molecule has 3 rings (SSSR count). The van der Waals surface area contributed by atoms with Crippen molar-refractivity contribution in [3.63, 3.8) is 0 Å². The van der Waals surface area contributed by atoms with Crippen LogP contribution in [0.25, 0.3) is 0 Å². The molecule has 0 fully saturated rings. The van der Waals surface area contributed by atoms with Gasteiger partial charge in [-0.15, -0.1) is 0 Å². The van der Waals surface area contributed by atoms with Crippen LogP contribution in [-0.2, 0) is 13.5 Å². The van der Waals surface area contributed by atoms with E-state index in [0.29, 0.717) is 9.15 Å². The van der Waals surface area contributed by atoms with E-state index in [9.17, 15) is 14.4 Å². The first-order valence-electron chi connectivity index (χ1n) is 10.5. The Morgan fingerprint density at radius 2 is 2.26 bits per heavy atom. The highest BCUT2D eigenvalue weighted by molar-refractivity contribution is 9.10. The number of nitrogens with zero attached hydrogens (tertiary/aromatic N) is 5. The van der Waals surface area contributed by atoms with Crippen molar-refractivity contribution in [2.24, 2.45) is 6.98 Å². The standard InChI is InChI=1S/C21H20BrFN6O2/c1-12(31-19-6-13(22)10-26-20(19)25)18-7-14(23)4-5-17(18)21(30)28(2)11-15-8-16(9-24)29(3)27-15/h4-8,10,12H,11H2,1-3H3,(H2,25,26)/t12-/m1/s1/i3D3. The smallest absolute Gasteiger partial charge is 0.254 e. The number of pyridine rings is 1. The van der Waals surface area contributed by atoms with Gasteiger partial charge in [0.15, 0.2) is 11.6 Å². The van der Waals surface area contributed by atoms with Gasteiger partial charge in [0.1, 0.15) is 23.7 Å². The topological polar surface area (TPSA) is 110 Å². The number of aryl methyl sites for hydroxylation is 1. The quantitative estimate of drug-likeness (QED) is 0.566. The molecule has 0 aliphatic heterocycles. The SMILES string of the molecule is [2H]C([2H])([2H])n1nc(CN(C)C(=O)c2ccc(F)cc2[C@@H](C)Oc2cc(Br)cnc2N)cc1C#N. The Bertz CT molecular complexity index is 1270. The summed E-state index contributed by atoms with van der Waals surface area (Å²) in [5.41, 5.74) is 6.37. The summed E-state index contributed by atoms with van der Waals surface area (Å²) < 4.78 is 43.7. The highest BCUT2D eigenvalue weighted by Gasteiger charge is 2.22. The second-order valence-corrected chi connectivity index (χ2v) is 7.65. The molecule has 0 saturated heterocycles. The second-order valence-electron chi connectivity index (χ2n) is 6.73. The van der Waals surface area contributed by atoms with Gasteiger partial charge in [0.2, 0.25) is 0 Å². The van der Waals surface area contributed by atoms with Crippen molar-refractivity contribution < 1.29 is 18.0 Å². The number of carbonyl (C=O) groups is 1. The minimum atomic E-state index is -2.63. The molecule has 0 saturated carbocycles. The average molecular weight is 490 g/mol. The van der Waals surface area contributed by atoms with Crippen LogP contribution in [-0.4, -0.2) is 32.6 Å². The molecule has 0 spiro atoms. The number of ether oxygens (including phenoxy) is 1. The number of halogens is 2. The fourth-order valence-electron chi connectivity index (χ4n) is 2.95. The van der Waals surface area contributed by atoms with E-state index in [4.69, 9.17) is 14.6 Å². The molecule has 31 heavy (non-hydrogen) atoms. The van der Waals surface area contributed by atoms with Crippen LogP contribution in [0.2, 0.25) is 0 Å². The van der Waals surface area contributed by atoms with Gasteiger partial charge >= 0.3 is 0 Å². The van der Waals surface area contributed by atoms with Gasteiger partial charge in [-0.1, -0.05) is 0 Å². The van der Waals surface area contributed by atoms with Gasteiger partial charge in [0.05, 0.1) is 12.2 Å². The number of hydrogen-bond donors (Lipinski definition) is 1. The molecular formula is C21H20BrFN6O2. The van der Waals surface area contributed by atoms with Gasteiger partial charge in [-0.2, -0.15) is 10.4 Å². The number of nitrogen functional groups attached to an aromatic ring is 1. The van der Waals surface area contributed by atoms with E-state index in [-0.39, 0.29) is 40.6 Å². The zero-order valence-electron chi connectivity index (χ0n) is 19.6. The first-order chi connectivity index (χ1) is 15.9. The third-order valence-electron chi connectivity index (χ3n) is 4.45. The van der Waals surface area contributed by atoms with Gasteiger partial charge in [-0.3, -0.25) is 9.48 Å². The van der Waals surface area contributed by atoms with E-state index in [1.165, 1.54) is 36.3 Å². The van der Waals surface area contributed by atoms with Gasteiger partial charge in [0.25, 0.3) is 5.91 Å². The Balaban J connectivity index is 1.87. The zero-order chi connectivity index (χ0) is 25.2. The van der Waals surface area contributed by atoms with Crippen molar-refractivity contribution >= 4 is 27.7 Å². The molecule has 3 aromatic rings. The lowest BCUT2D eigenvalue weighted by Gasteiger charge is -2.22. The zero-order valence-corrected chi connectivity index (χ0v) is 18.2. The van der Waals surface area contributed by atoms with Gasteiger partial charge in [0, 0.05) is 39.9 Å². The highest BCUT2D eigenvalue weighted by atomic mass is 79.9. The molecule has 2 N–H and O–H groups in total. The maximum atomic E-state index is 14.1. The molecule has 1 atom stereocenters. The monoisotopic (exact) mass is 489 g/mol. The third-order valence-corrected chi connectivity index (χ3v) is 4.89. The summed E-state index contributed by atoms with van der Waals surface area (Å²) in [7, 11) is 1.48. The summed E-state index contributed by atoms with van der Waals surface area (Å²) >= 11 is 3.28. The van der Waals surface area contributed by atoms with Crippen LogP contribution < -0.4 is 10.5 Å². The molecular weight excluding hydrogens is 467 g/mol. The van der Waals surface area contributed by atoms with Crippen molar-refractivity contribution in [1.29, 1.82) is 5.26 Å². The summed E-state index contributed by atoms with van der Waals surface area (Å²) in [5, 5.41) is 13.1. The fraction of sp³-hybridized carbons (Fsp3) is 0.238. The molecule has 0 aliphatic carbocycles. The number of nitriles is 1. The predicted octanol–water partition coefficient (Wildman–Crippen LogP) is 3.58. The number of nitrogens with two attached hydrogens (primary N) is 1. The van der Waals surface area contributed by atoms with Crippen LogP contribution in [0.3, 0.4) is 0 Å². The van der Waals surface area contributed by atoms with Gasteiger partial charge in [-0.05, 0) is 53.2 Å². The summed E-state index contributed by atoms with van der Waals surface area (Å²) in [5.74, 6) is -0.639. The molecule has 0 unspecified atom stereocenters. The number of anilines is 1. The Morgan fingerprint density at radius 1 is 1.48 bits per heavy atom. The van der Waals surface area contributed by atoms with Crippen LogP contribution in [0, 0.1) is 17.1 Å². The van der Waals surface area contributed by atoms with E-state index < -0.39 is 24.8 Å². The van der Waals surface area contributed by atoms with Gasteiger partial charge < -0.3 is 15.4 Å². The first kappa shape index (κ1) is 18.3. The molecule has 8 nitrogen and oxygen atoms in total. The van der Waals surface area contributed by atoms with E-state index in [0.717, 1.165) is 6.07 Å². The number of hydrogen-bond acceptors (Lipinski definition) is 6. The molecule has 10 heteroatoms. The lowest BCUT2D eigenvalue weighted by Crippen LogP contribution is -2.28. The van der Waals surface area contributed by atoms with Crippen LogP contribution in [0.1, 0.15) is 44.4 Å². The summed E-state index contributed by atoms with van der Waals surface area (Å²) in [4.78, 5) is 18.5. The molecule has 160 valence electrons. The summed E-state index contributed by atoms with van der Waals surface area (Å²) in [6.07, 6.45) is 0.742. The lowest BCUT2D eigenvalue weighted by molar-refractivity contribution is 0.0778. The Labute approximate surface area is 191 Å². The van der Waals surface area contributed by atoms with E-state index in [1.54, 1.807) is 19.1 Å². The minimum Gasteiger partial charge on any atom is -0.482 e. The number of carbonyl (C=O) groups excluding carboxylic acids is 1. The summed E-state index contributed by atoms with van der Waals surface area (Å²) in [6.45, 7) is -1.07. The van der Waals surface area contributed by atoms with Gasteiger partial charge in [-0.25, -0.2) is 9.37 Å². The maximum Gasteiger partial charge on any atom is 0.254 e. The van der Waals surface area contributed by atoms with Crippen molar-refractivity contribution in [3.8, 4) is 11.8 Å². The number of aromatic nitrogens is 3. The van der Waals surface area contributed by atoms with Crippen LogP contribution >= 0.6 is 15.9 Å². The lowest BCUT2D eigenvalue weighted by atomic mass is 10.0. The number of rotatable bonds is 6. The predicted molar refractivity (Wildman–Crippen MR) is 116 cm³/mol. The molecule has 1 aromatic carbocycles. The van der Waals surface area contributed by atoms with Crippen LogP contribution in [0.5, 0.6) is 5.75 Å². The van der Waals surface area contributed by atoms with Crippen LogP contribution in [0.4, 0.5) is 10.2 Å². The molecule has 0 aliphatic rings. The Morgan fingerprint density at radius 3 is 2.94 bits per heavy atom. The van der Waals surface area contributed by atoms with E-state index >= 15 is 0 Å². The van der Waals surface area contributed by atoms with Crippen molar-refractivity contribution in [3.05, 3.63) is 69.3 Å². The van der Waals surface area contributed by atoms with Crippen molar-refractivity contribution in [2.75, 3.05) is 12.8 Å². The number of benzene rings is 1.